The second-order valence-electron chi connectivity index (χ2n) is 4.46. The van der Waals surface area contributed by atoms with Gasteiger partial charge in [-0.05, 0) is 12.0 Å². The maximum Gasteiger partial charge on any atom is 0.258 e. The van der Waals surface area contributed by atoms with Crippen LogP contribution in [0, 0.1) is 0 Å². The van der Waals surface area contributed by atoms with Crippen molar-refractivity contribution in [1.82, 2.24) is 4.90 Å². The van der Waals surface area contributed by atoms with E-state index in [1.807, 2.05) is 30.3 Å². The Labute approximate surface area is 112 Å². The highest BCUT2D eigenvalue weighted by molar-refractivity contribution is 6.00. The lowest BCUT2D eigenvalue weighted by Gasteiger charge is -2.29. The van der Waals surface area contributed by atoms with E-state index in [2.05, 4.69) is 6.58 Å². The summed E-state index contributed by atoms with van der Waals surface area (Å²) in [6.07, 6.45) is 1.82. The Bertz CT molecular complexity index is 470. The minimum absolute atomic E-state index is 0.149. The van der Waals surface area contributed by atoms with Crippen molar-refractivity contribution >= 4 is 11.8 Å². The van der Waals surface area contributed by atoms with Gasteiger partial charge in [0.2, 0.25) is 5.91 Å². The van der Waals surface area contributed by atoms with Crippen LogP contribution >= 0.6 is 0 Å². The third-order valence-electron chi connectivity index (χ3n) is 3.07. The molecule has 0 aromatic heterocycles. The average molecular weight is 259 g/mol. The number of hydrogen-bond acceptors (Lipinski definition) is 3. The van der Waals surface area contributed by atoms with E-state index in [4.69, 9.17) is 4.74 Å². The number of nitrogens with zero attached hydrogens (tertiary/aromatic N) is 1. The standard InChI is InChI=1S/C15H17NO3/c1-2-10-16-14(17)9-8-13(15(16)18)19-11-12-6-4-3-5-7-12/h2-7,13H,1,8-11H2/t13-/m1/s1. The van der Waals surface area contributed by atoms with Gasteiger partial charge in [0.1, 0.15) is 6.10 Å². The highest BCUT2D eigenvalue weighted by Gasteiger charge is 2.34. The molecule has 1 atom stereocenters. The van der Waals surface area contributed by atoms with Gasteiger partial charge < -0.3 is 4.74 Å². The minimum Gasteiger partial charge on any atom is -0.364 e. The first-order valence-corrected chi connectivity index (χ1v) is 6.33. The van der Waals surface area contributed by atoms with E-state index in [9.17, 15) is 9.59 Å². The van der Waals surface area contributed by atoms with E-state index in [-0.39, 0.29) is 18.4 Å². The van der Waals surface area contributed by atoms with Crippen LogP contribution in [0.25, 0.3) is 0 Å². The van der Waals surface area contributed by atoms with Crippen molar-refractivity contribution < 1.29 is 14.3 Å². The molecule has 0 saturated carbocycles. The SMILES string of the molecule is C=CCN1C(=O)CC[C@@H](OCc2ccccc2)C1=O. The van der Waals surface area contributed by atoms with Crippen molar-refractivity contribution in [2.24, 2.45) is 0 Å². The molecule has 0 spiro atoms. The summed E-state index contributed by atoms with van der Waals surface area (Å²) in [5.74, 6) is -0.406. The summed E-state index contributed by atoms with van der Waals surface area (Å²) in [6, 6.07) is 9.67. The van der Waals surface area contributed by atoms with Crippen molar-refractivity contribution in [3.05, 3.63) is 48.6 Å². The van der Waals surface area contributed by atoms with Gasteiger partial charge in [-0.25, -0.2) is 0 Å². The van der Waals surface area contributed by atoms with Gasteiger partial charge >= 0.3 is 0 Å². The molecule has 100 valence electrons. The van der Waals surface area contributed by atoms with Crippen molar-refractivity contribution in [3.63, 3.8) is 0 Å². The molecule has 1 saturated heterocycles. The number of benzene rings is 1. The molecule has 0 N–H and O–H groups in total. The van der Waals surface area contributed by atoms with E-state index in [0.29, 0.717) is 19.4 Å². The number of hydrogen-bond donors (Lipinski definition) is 0. The highest BCUT2D eigenvalue weighted by atomic mass is 16.5. The van der Waals surface area contributed by atoms with Gasteiger partial charge in [0, 0.05) is 13.0 Å². The first-order valence-electron chi connectivity index (χ1n) is 6.33. The Morgan fingerprint density at radius 3 is 2.74 bits per heavy atom. The summed E-state index contributed by atoms with van der Waals surface area (Å²) in [5, 5.41) is 0. The summed E-state index contributed by atoms with van der Waals surface area (Å²) >= 11 is 0. The third kappa shape index (κ3) is 3.29. The largest absolute Gasteiger partial charge is 0.364 e. The third-order valence-corrected chi connectivity index (χ3v) is 3.07. The molecule has 1 fully saturated rings. The monoisotopic (exact) mass is 259 g/mol. The molecule has 1 aromatic rings. The molecular formula is C15H17NO3. The van der Waals surface area contributed by atoms with E-state index < -0.39 is 6.10 Å². The fraction of sp³-hybridized carbons (Fsp3) is 0.333. The lowest BCUT2D eigenvalue weighted by molar-refractivity contribution is -0.158. The summed E-state index contributed by atoms with van der Waals surface area (Å²) < 4.78 is 5.63. The topological polar surface area (TPSA) is 46.6 Å². The summed E-state index contributed by atoms with van der Waals surface area (Å²) in [6.45, 7) is 4.19. The van der Waals surface area contributed by atoms with Crippen LogP contribution in [0.2, 0.25) is 0 Å². The lowest BCUT2D eigenvalue weighted by Crippen LogP contribution is -2.48. The Morgan fingerprint density at radius 2 is 2.05 bits per heavy atom. The van der Waals surface area contributed by atoms with Gasteiger partial charge in [0.05, 0.1) is 6.61 Å². The molecule has 1 aliphatic heterocycles. The van der Waals surface area contributed by atoms with E-state index in [0.717, 1.165) is 5.56 Å². The zero-order chi connectivity index (χ0) is 13.7. The van der Waals surface area contributed by atoms with E-state index >= 15 is 0 Å². The van der Waals surface area contributed by atoms with Crippen molar-refractivity contribution in [1.29, 1.82) is 0 Å². The van der Waals surface area contributed by atoms with Crippen LogP contribution in [-0.4, -0.2) is 29.4 Å². The quantitative estimate of drug-likeness (QED) is 0.599. The molecule has 19 heavy (non-hydrogen) atoms. The number of carbonyl (C=O) groups is 2. The number of piperidine rings is 1. The van der Waals surface area contributed by atoms with Gasteiger partial charge in [-0.2, -0.15) is 0 Å². The van der Waals surface area contributed by atoms with Crippen LogP contribution in [0.1, 0.15) is 18.4 Å². The Kier molecular flexibility index (Phi) is 4.47. The fourth-order valence-corrected chi connectivity index (χ4v) is 2.06. The molecule has 0 unspecified atom stereocenters. The fourth-order valence-electron chi connectivity index (χ4n) is 2.06. The Balaban J connectivity index is 1.95. The van der Waals surface area contributed by atoms with Gasteiger partial charge in [-0.3, -0.25) is 14.5 Å². The zero-order valence-electron chi connectivity index (χ0n) is 10.7. The second-order valence-corrected chi connectivity index (χ2v) is 4.46. The number of carbonyl (C=O) groups excluding carboxylic acids is 2. The maximum absolute atomic E-state index is 12.1. The van der Waals surface area contributed by atoms with Crippen LogP contribution < -0.4 is 0 Å². The number of likely N-dealkylation sites (tertiary alicyclic amines) is 1. The first kappa shape index (κ1) is 13.5. The zero-order valence-corrected chi connectivity index (χ0v) is 10.7. The maximum atomic E-state index is 12.1. The van der Waals surface area contributed by atoms with Crippen molar-refractivity contribution in [2.75, 3.05) is 6.54 Å². The summed E-state index contributed by atoms with van der Waals surface area (Å²) in [5.41, 5.74) is 1.02. The molecule has 0 radical (unpaired) electrons. The summed E-state index contributed by atoms with van der Waals surface area (Å²) in [7, 11) is 0. The van der Waals surface area contributed by atoms with Gasteiger partial charge in [-0.1, -0.05) is 36.4 Å². The minimum atomic E-state index is -0.530. The first-order chi connectivity index (χ1) is 9.22. The molecule has 0 aliphatic carbocycles. The molecule has 1 heterocycles. The van der Waals surface area contributed by atoms with Crippen molar-refractivity contribution in [2.45, 2.75) is 25.6 Å². The second kappa shape index (κ2) is 6.29. The van der Waals surface area contributed by atoms with Crippen molar-refractivity contribution in [3.8, 4) is 0 Å². The van der Waals surface area contributed by atoms with Gasteiger partial charge in [0.25, 0.3) is 5.91 Å². The molecule has 1 aromatic carbocycles. The van der Waals surface area contributed by atoms with Crippen LogP contribution in [0.15, 0.2) is 43.0 Å². The van der Waals surface area contributed by atoms with Crippen LogP contribution in [0.4, 0.5) is 0 Å². The lowest BCUT2D eigenvalue weighted by atomic mass is 10.1. The Morgan fingerprint density at radius 1 is 1.32 bits per heavy atom. The predicted octanol–water partition coefficient (Wildman–Crippen LogP) is 1.91. The molecule has 2 rings (SSSR count). The average Bonchev–Trinajstić information content (AvgIpc) is 2.44. The van der Waals surface area contributed by atoms with E-state index in [1.165, 1.54) is 4.90 Å². The molecule has 4 heteroatoms. The smallest absolute Gasteiger partial charge is 0.258 e. The predicted molar refractivity (Wildman–Crippen MR) is 71.2 cm³/mol. The number of amides is 2. The van der Waals surface area contributed by atoms with Crippen LogP contribution in [0.3, 0.4) is 0 Å². The normalized spacial score (nSPS) is 19.6. The molecule has 2 amide bonds. The van der Waals surface area contributed by atoms with Crippen LogP contribution in [0.5, 0.6) is 0 Å². The number of ether oxygens (including phenoxy) is 1. The van der Waals surface area contributed by atoms with Gasteiger partial charge in [-0.15, -0.1) is 6.58 Å². The Hall–Kier alpha value is -1.94. The van der Waals surface area contributed by atoms with Gasteiger partial charge in [0.15, 0.2) is 0 Å². The molecule has 1 aliphatic rings. The molecule has 4 nitrogen and oxygen atoms in total. The number of imide groups is 1. The number of rotatable bonds is 5. The van der Waals surface area contributed by atoms with Crippen LogP contribution in [-0.2, 0) is 20.9 Å². The van der Waals surface area contributed by atoms with E-state index in [1.54, 1.807) is 6.08 Å². The highest BCUT2D eigenvalue weighted by Crippen LogP contribution is 2.17. The molecule has 0 bridgehead atoms. The molecular weight excluding hydrogens is 242 g/mol. The summed E-state index contributed by atoms with van der Waals surface area (Å²) in [4.78, 5) is 24.9.